The van der Waals surface area contributed by atoms with Crippen LogP contribution in [0.25, 0.3) is 0 Å². The number of halogens is 2. The zero-order chi connectivity index (χ0) is 30.4. The molecule has 0 heterocycles. The molecule has 0 saturated heterocycles. The Morgan fingerprint density at radius 1 is 1.00 bits per heavy atom. The van der Waals surface area contributed by atoms with Gasteiger partial charge in [0.1, 0.15) is 24.2 Å². The smallest absolute Gasteiger partial charge is 0.244 e. The van der Waals surface area contributed by atoms with Gasteiger partial charge in [-0.25, -0.2) is 12.8 Å². The van der Waals surface area contributed by atoms with Crippen molar-refractivity contribution in [3.63, 3.8) is 0 Å². The Morgan fingerprint density at radius 3 is 2.24 bits per heavy atom. The summed E-state index contributed by atoms with van der Waals surface area (Å²) in [5.41, 5.74) is 0.915. The second-order valence-electron chi connectivity index (χ2n) is 10.7. The molecule has 8 nitrogen and oxygen atoms in total. The fourth-order valence-electron chi connectivity index (χ4n) is 4.23. The van der Waals surface area contributed by atoms with Crippen LogP contribution >= 0.6 is 11.6 Å². The molecule has 0 fully saturated rings. The van der Waals surface area contributed by atoms with Crippen LogP contribution in [0, 0.1) is 5.82 Å². The standard InChI is InChI=1S/C30H35ClFN3O5S/c1-30(2,3)33-29(37)27(17-21-10-7-6-8-11-21)34(19-22-12-9-13-24(16-22)40-4)28(36)20-35(41(5,38)39)23-14-15-26(32)25(31)18-23/h6-16,18,27H,17,19-20H2,1-5H3,(H,33,37)/t27-/m0/s1. The van der Waals surface area contributed by atoms with Crippen LogP contribution in [-0.4, -0.2) is 56.6 Å². The first-order valence-corrected chi connectivity index (χ1v) is 15.1. The van der Waals surface area contributed by atoms with Crippen LogP contribution in [0.15, 0.2) is 72.8 Å². The van der Waals surface area contributed by atoms with Gasteiger partial charge in [0.05, 0.1) is 24.1 Å². The highest BCUT2D eigenvalue weighted by atomic mass is 35.5. The van der Waals surface area contributed by atoms with E-state index in [9.17, 15) is 22.4 Å². The molecular formula is C30H35ClFN3O5S. The van der Waals surface area contributed by atoms with E-state index in [1.807, 2.05) is 51.1 Å². The predicted octanol–water partition coefficient (Wildman–Crippen LogP) is 4.81. The number of carbonyl (C=O) groups is 2. The quantitative estimate of drug-likeness (QED) is 0.339. The molecule has 1 atom stereocenters. The van der Waals surface area contributed by atoms with Crippen LogP contribution in [0.2, 0.25) is 5.02 Å². The normalized spacial score (nSPS) is 12.4. The first-order chi connectivity index (χ1) is 19.2. The number of anilines is 1. The molecule has 3 rings (SSSR count). The predicted molar refractivity (Wildman–Crippen MR) is 159 cm³/mol. The van der Waals surface area contributed by atoms with Gasteiger partial charge >= 0.3 is 0 Å². The van der Waals surface area contributed by atoms with Gasteiger partial charge in [0.2, 0.25) is 21.8 Å². The number of carbonyl (C=O) groups excluding carboxylic acids is 2. The molecule has 11 heteroatoms. The summed E-state index contributed by atoms with van der Waals surface area (Å²) in [6.45, 7) is 4.86. The zero-order valence-electron chi connectivity index (χ0n) is 23.7. The van der Waals surface area contributed by atoms with Gasteiger partial charge < -0.3 is 15.0 Å². The van der Waals surface area contributed by atoms with Crippen molar-refractivity contribution in [2.75, 3.05) is 24.2 Å². The summed E-state index contributed by atoms with van der Waals surface area (Å²) < 4.78 is 45.7. The summed E-state index contributed by atoms with van der Waals surface area (Å²) in [5, 5.41) is 2.68. The molecule has 0 aliphatic rings. The molecule has 0 aromatic heterocycles. The molecule has 0 radical (unpaired) electrons. The summed E-state index contributed by atoms with van der Waals surface area (Å²) in [6, 6.07) is 18.7. The van der Waals surface area contributed by atoms with Crippen LogP contribution in [0.4, 0.5) is 10.1 Å². The molecule has 0 bridgehead atoms. The van der Waals surface area contributed by atoms with Crippen molar-refractivity contribution in [3.8, 4) is 5.75 Å². The summed E-state index contributed by atoms with van der Waals surface area (Å²) in [6.07, 6.45) is 1.12. The molecule has 2 amide bonds. The molecule has 220 valence electrons. The molecule has 3 aromatic carbocycles. The van der Waals surface area contributed by atoms with Crippen LogP contribution < -0.4 is 14.4 Å². The van der Waals surface area contributed by atoms with Crippen molar-refractivity contribution >= 4 is 39.1 Å². The number of amides is 2. The summed E-state index contributed by atoms with van der Waals surface area (Å²) in [4.78, 5) is 29.2. The van der Waals surface area contributed by atoms with Crippen LogP contribution in [0.5, 0.6) is 5.75 Å². The maximum absolute atomic E-state index is 14.1. The third-order valence-corrected chi connectivity index (χ3v) is 7.56. The lowest BCUT2D eigenvalue weighted by Crippen LogP contribution is -2.56. The summed E-state index contributed by atoms with van der Waals surface area (Å²) in [7, 11) is -2.49. The summed E-state index contributed by atoms with van der Waals surface area (Å²) in [5.74, 6) is -1.19. The summed E-state index contributed by atoms with van der Waals surface area (Å²) >= 11 is 5.93. The minimum Gasteiger partial charge on any atom is -0.497 e. The Bertz CT molecular complexity index is 1480. The first-order valence-electron chi connectivity index (χ1n) is 12.9. The fourth-order valence-corrected chi connectivity index (χ4v) is 5.24. The number of ether oxygens (including phenoxy) is 1. The van der Waals surface area contributed by atoms with E-state index in [0.717, 1.165) is 28.3 Å². The number of nitrogens with one attached hydrogen (secondary N) is 1. The lowest BCUT2D eigenvalue weighted by atomic mass is 10.0. The Morgan fingerprint density at radius 2 is 1.66 bits per heavy atom. The molecule has 3 aromatic rings. The van der Waals surface area contributed by atoms with E-state index in [0.29, 0.717) is 11.3 Å². The van der Waals surface area contributed by atoms with Gasteiger partial charge in [-0.1, -0.05) is 54.1 Å². The van der Waals surface area contributed by atoms with E-state index in [1.165, 1.54) is 18.1 Å². The largest absolute Gasteiger partial charge is 0.497 e. The van der Waals surface area contributed by atoms with Gasteiger partial charge in [-0.3, -0.25) is 13.9 Å². The number of hydrogen-bond donors (Lipinski definition) is 1. The van der Waals surface area contributed by atoms with E-state index < -0.39 is 45.8 Å². The van der Waals surface area contributed by atoms with E-state index in [1.54, 1.807) is 24.3 Å². The minimum atomic E-state index is -4.01. The topological polar surface area (TPSA) is 96.0 Å². The van der Waals surface area contributed by atoms with Crippen molar-refractivity contribution in [1.29, 1.82) is 0 Å². The van der Waals surface area contributed by atoms with Gasteiger partial charge in [0.15, 0.2) is 0 Å². The Labute approximate surface area is 246 Å². The van der Waals surface area contributed by atoms with E-state index in [4.69, 9.17) is 16.3 Å². The third kappa shape index (κ3) is 9.19. The Balaban J connectivity index is 2.10. The second kappa shape index (κ2) is 13.4. The van der Waals surface area contributed by atoms with Gasteiger partial charge in [-0.05, 0) is 62.2 Å². The van der Waals surface area contributed by atoms with Crippen LogP contribution in [0.3, 0.4) is 0 Å². The minimum absolute atomic E-state index is 0.00707. The fraction of sp³-hybridized carbons (Fsp3) is 0.333. The number of sulfonamides is 1. The van der Waals surface area contributed by atoms with E-state index in [-0.39, 0.29) is 23.7 Å². The van der Waals surface area contributed by atoms with Crippen LogP contribution in [0.1, 0.15) is 31.9 Å². The number of methoxy groups -OCH3 is 1. The second-order valence-corrected chi connectivity index (χ2v) is 13.0. The maximum Gasteiger partial charge on any atom is 0.244 e. The zero-order valence-corrected chi connectivity index (χ0v) is 25.3. The van der Waals surface area contributed by atoms with Gasteiger partial charge in [0.25, 0.3) is 0 Å². The Hall–Kier alpha value is -3.63. The molecule has 1 N–H and O–H groups in total. The highest BCUT2D eigenvalue weighted by Crippen LogP contribution is 2.26. The van der Waals surface area contributed by atoms with E-state index in [2.05, 4.69) is 5.32 Å². The monoisotopic (exact) mass is 603 g/mol. The number of rotatable bonds is 11. The van der Waals surface area contributed by atoms with Gasteiger partial charge in [-0.15, -0.1) is 0 Å². The lowest BCUT2D eigenvalue weighted by Gasteiger charge is -2.35. The van der Waals surface area contributed by atoms with E-state index >= 15 is 0 Å². The van der Waals surface area contributed by atoms with Crippen LogP contribution in [-0.2, 0) is 32.6 Å². The number of nitrogens with zero attached hydrogens (tertiary/aromatic N) is 2. The van der Waals surface area contributed by atoms with Crippen molar-refractivity contribution in [3.05, 3.63) is 94.8 Å². The first kappa shape index (κ1) is 31.9. The highest BCUT2D eigenvalue weighted by Gasteiger charge is 2.34. The molecule has 0 spiro atoms. The molecular weight excluding hydrogens is 569 g/mol. The highest BCUT2D eigenvalue weighted by molar-refractivity contribution is 7.92. The molecule has 0 unspecified atom stereocenters. The molecule has 0 aliphatic heterocycles. The molecule has 0 saturated carbocycles. The number of hydrogen-bond acceptors (Lipinski definition) is 5. The lowest BCUT2D eigenvalue weighted by molar-refractivity contribution is -0.140. The maximum atomic E-state index is 14.1. The average molecular weight is 604 g/mol. The average Bonchev–Trinajstić information content (AvgIpc) is 2.90. The van der Waals surface area contributed by atoms with Crippen molar-refractivity contribution in [1.82, 2.24) is 10.2 Å². The SMILES string of the molecule is COc1cccc(CN(C(=O)CN(c2ccc(F)c(Cl)c2)S(C)(=O)=O)[C@@H](Cc2ccccc2)C(=O)NC(C)(C)C)c1. The number of benzene rings is 3. The molecule has 41 heavy (non-hydrogen) atoms. The van der Waals surface area contributed by atoms with Crippen molar-refractivity contribution in [2.24, 2.45) is 0 Å². The molecule has 0 aliphatic carbocycles. The van der Waals surface area contributed by atoms with Gasteiger partial charge in [-0.2, -0.15) is 0 Å². The van der Waals surface area contributed by atoms with Gasteiger partial charge in [0, 0.05) is 18.5 Å². The third-order valence-electron chi connectivity index (χ3n) is 6.13. The Kier molecular flexibility index (Phi) is 10.4. The van der Waals surface area contributed by atoms with Crippen molar-refractivity contribution < 1.29 is 27.1 Å². The van der Waals surface area contributed by atoms with Crippen molar-refractivity contribution in [2.45, 2.75) is 45.3 Å².